The second-order valence-corrected chi connectivity index (χ2v) is 5.32. The van der Waals surface area contributed by atoms with E-state index in [1.165, 1.54) is 11.6 Å². The average molecular weight is 293 g/mol. The molecule has 2 rings (SSSR count). The molecule has 1 unspecified atom stereocenters. The third-order valence-electron chi connectivity index (χ3n) is 3.69. The Hall–Kier alpha value is -1.42. The molecular weight excluding hydrogens is 275 g/mol. The fourth-order valence-corrected chi connectivity index (χ4v) is 2.58. The molecule has 0 fully saturated rings. The molecule has 2 aromatic rings. The molecule has 0 saturated carbocycles. The van der Waals surface area contributed by atoms with E-state index >= 15 is 0 Å². The van der Waals surface area contributed by atoms with Crippen molar-refractivity contribution < 1.29 is 4.39 Å². The normalized spacial score (nSPS) is 12.4. The van der Waals surface area contributed by atoms with Crippen molar-refractivity contribution in [2.24, 2.45) is 5.84 Å². The molecule has 1 atom stereocenters. The molecule has 106 valence electrons. The van der Waals surface area contributed by atoms with Crippen LogP contribution in [0, 0.1) is 19.7 Å². The molecule has 0 bridgehead atoms. The fourth-order valence-electron chi connectivity index (χ4n) is 2.34. The van der Waals surface area contributed by atoms with Gasteiger partial charge in [0.2, 0.25) is 0 Å². The van der Waals surface area contributed by atoms with Gasteiger partial charge >= 0.3 is 0 Å². The van der Waals surface area contributed by atoms with Gasteiger partial charge in [-0.1, -0.05) is 35.9 Å². The number of benzene rings is 2. The number of halogens is 2. The smallest absolute Gasteiger partial charge is 0.127 e. The third-order valence-corrected chi connectivity index (χ3v) is 4.05. The molecule has 2 nitrogen and oxygen atoms in total. The Morgan fingerprint density at radius 2 is 1.90 bits per heavy atom. The van der Waals surface area contributed by atoms with Gasteiger partial charge < -0.3 is 0 Å². The molecule has 0 radical (unpaired) electrons. The predicted molar refractivity (Wildman–Crippen MR) is 81.1 cm³/mol. The van der Waals surface area contributed by atoms with Crippen LogP contribution in [0.15, 0.2) is 36.4 Å². The summed E-state index contributed by atoms with van der Waals surface area (Å²) >= 11 is 6.08. The molecule has 2 aromatic carbocycles. The van der Waals surface area contributed by atoms with Crippen LogP contribution in [0.5, 0.6) is 0 Å². The summed E-state index contributed by atoms with van der Waals surface area (Å²) in [6.07, 6.45) is 0.409. The van der Waals surface area contributed by atoms with Crippen molar-refractivity contribution in [3.05, 3.63) is 69.5 Å². The number of hydrogen-bond donors (Lipinski definition) is 2. The summed E-state index contributed by atoms with van der Waals surface area (Å²) < 4.78 is 13.9. The van der Waals surface area contributed by atoms with Crippen LogP contribution in [-0.4, -0.2) is 0 Å². The van der Waals surface area contributed by atoms with Crippen LogP contribution in [0.3, 0.4) is 0 Å². The molecule has 0 aliphatic rings. The van der Waals surface area contributed by atoms with Crippen molar-refractivity contribution >= 4 is 11.6 Å². The molecule has 3 N–H and O–H groups in total. The van der Waals surface area contributed by atoms with Crippen LogP contribution in [0.1, 0.15) is 28.3 Å². The zero-order valence-electron chi connectivity index (χ0n) is 11.6. The first-order chi connectivity index (χ1) is 9.54. The summed E-state index contributed by atoms with van der Waals surface area (Å²) in [5, 5.41) is 0.426. The average Bonchev–Trinajstić information content (AvgIpc) is 2.42. The lowest BCUT2D eigenvalue weighted by atomic mass is 9.93. The first-order valence-corrected chi connectivity index (χ1v) is 6.87. The first kappa shape index (κ1) is 15.0. The molecule has 0 spiro atoms. The largest absolute Gasteiger partial charge is 0.271 e. The summed E-state index contributed by atoms with van der Waals surface area (Å²) in [6.45, 7) is 4.08. The van der Waals surface area contributed by atoms with Gasteiger partial charge in [-0.2, -0.15) is 0 Å². The zero-order chi connectivity index (χ0) is 14.7. The van der Waals surface area contributed by atoms with Gasteiger partial charge in [0, 0.05) is 10.6 Å². The fraction of sp³-hybridized carbons (Fsp3) is 0.250. The van der Waals surface area contributed by atoms with Gasteiger partial charge in [0.05, 0.1) is 6.04 Å². The minimum absolute atomic E-state index is 0.177. The van der Waals surface area contributed by atoms with Crippen LogP contribution in [0.2, 0.25) is 5.02 Å². The van der Waals surface area contributed by atoms with Gasteiger partial charge in [-0.15, -0.1) is 0 Å². The van der Waals surface area contributed by atoms with E-state index in [2.05, 4.69) is 5.43 Å². The SMILES string of the molecule is Cc1cccc(C(Cc2c(F)cccc2Cl)NN)c1C. The summed E-state index contributed by atoms with van der Waals surface area (Å²) in [6, 6.07) is 10.6. The van der Waals surface area contributed by atoms with E-state index < -0.39 is 0 Å². The van der Waals surface area contributed by atoms with Crippen molar-refractivity contribution in [1.29, 1.82) is 0 Å². The Balaban J connectivity index is 2.37. The monoisotopic (exact) mass is 292 g/mol. The van der Waals surface area contributed by atoms with Gasteiger partial charge in [-0.05, 0) is 49.1 Å². The van der Waals surface area contributed by atoms with Gasteiger partial charge in [0.1, 0.15) is 5.82 Å². The summed E-state index contributed by atoms with van der Waals surface area (Å²) in [5.74, 6) is 5.35. The highest BCUT2D eigenvalue weighted by Crippen LogP contribution is 2.27. The molecule has 0 heterocycles. The second kappa shape index (κ2) is 6.35. The standard InChI is InChI=1S/C16H18ClFN2/c1-10-5-3-6-12(11(10)2)16(20-19)9-13-14(17)7-4-8-15(13)18/h3-8,16,20H,9,19H2,1-2H3. The van der Waals surface area contributed by atoms with Crippen LogP contribution in [0.4, 0.5) is 4.39 Å². The number of hydrogen-bond acceptors (Lipinski definition) is 2. The van der Waals surface area contributed by atoms with Crippen LogP contribution >= 0.6 is 11.6 Å². The van der Waals surface area contributed by atoms with Crippen molar-refractivity contribution in [2.75, 3.05) is 0 Å². The zero-order valence-corrected chi connectivity index (χ0v) is 12.3. The maximum absolute atomic E-state index is 13.9. The third kappa shape index (κ3) is 3.01. The van der Waals surface area contributed by atoms with E-state index in [-0.39, 0.29) is 11.9 Å². The summed E-state index contributed by atoms with van der Waals surface area (Å²) in [5.41, 5.74) is 6.65. The Kier molecular flexibility index (Phi) is 4.76. The van der Waals surface area contributed by atoms with Crippen molar-refractivity contribution in [2.45, 2.75) is 26.3 Å². The Bertz CT molecular complexity index is 593. The molecule has 0 amide bonds. The van der Waals surface area contributed by atoms with Crippen molar-refractivity contribution in [3.63, 3.8) is 0 Å². The van der Waals surface area contributed by atoms with E-state index in [9.17, 15) is 4.39 Å². The maximum atomic E-state index is 13.9. The summed E-state index contributed by atoms with van der Waals surface area (Å²) in [7, 11) is 0. The second-order valence-electron chi connectivity index (χ2n) is 4.91. The van der Waals surface area contributed by atoms with Gasteiger partial charge in [0.15, 0.2) is 0 Å². The van der Waals surface area contributed by atoms with Gasteiger partial charge in [-0.25, -0.2) is 4.39 Å². The van der Waals surface area contributed by atoms with E-state index in [0.29, 0.717) is 17.0 Å². The lowest BCUT2D eigenvalue weighted by Crippen LogP contribution is -2.30. The van der Waals surface area contributed by atoms with E-state index in [1.54, 1.807) is 12.1 Å². The molecule has 20 heavy (non-hydrogen) atoms. The van der Waals surface area contributed by atoms with Crippen molar-refractivity contribution in [1.82, 2.24) is 5.43 Å². The molecule has 0 aliphatic carbocycles. The highest BCUT2D eigenvalue weighted by Gasteiger charge is 2.17. The van der Waals surface area contributed by atoms with E-state index in [4.69, 9.17) is 17.4 Å². The van der Waals surface area contributed by atoms with E-state index in [1.807, 2.05) is 32.0 Å². The van der Waals surface area contributed by atoms with Gasteiger partial charge in [0.25, 0.3) is 0 Å². The van der Waals surface area contributed by atoms with E-state index in [0.717, 1.165) is 11.1 Å². The topological polar surface area (TPSA) is 38.0 Å². The first-order valence-electron chi connectivity index (χ1n) is 6.49. The number of hydrazine groups is 1. The highest BCUT2D eigenvalue weighted by molar-refractivity contribution is 6.31. The quantitative estimate of drug-likeness (QED) is 0.664. The number of rotatable bonds is 4. The molecule has 4 heteroatoms. The van der Waals surface area contributed by atoms with Gasteiger partial charge in [-0.3, -0.25) is 11.3 Å². The lowest BCUT2D eigenvalue weighted by molar-refractivity contribution is 0.527. The van der Waals surface area contributed by atoms with Crippen LogP contribution < -0.4 is 11.3 Å². The molecule has 0 aliphatic heterocycles. The number of aryl methyl sites for hydroxylation is 1. The minimum atomic E-state index is -0.303. The van der Waals surface area contributed by atoms with Crippen LogP contribution in [-0.2, 0) is 6.42 Å². The predicted octanol–water partition coefficient (Wildman–Crippen LogP) is 3.84. The Morgan fingerprint density at radius 3 is 2.55 bits per heavy atom. The number of nitrogens with two attached hydrogens (primary N) is 1. The number of nitrogens with one attached hydrogen (secondary N) is 1. The molecule has 0 aromatic heterocycles. The highest BCUT2D eigenvalue weighted by atomic mass is 35.5. The lowest BCUT2D eigenvalue weighted by Gasteiger charge is -2.20. The van der Waals surface area contributed by atoms with Crippen molar-refractivity contribution in [3.8, 4) is 0 Å². The summed E-state index contributed by atoms with van der Waals surface area (Å²) in [4.78, 5) is 0. The maximum Gasteiger partial charge on any atom is 0.127 e. The molecular formula is C16H18ClFN2. The Labute approximate surface area is 123 Å². The molecule has 0 saturated heterocycles. The minimum Gasteiger partial charge on any atom is -0.271 e. The van der Waals surface area contributed by atoms with Crippen LogP contribution in [0.25, 0.3) is 0 Å². The Morgan fingerprint density at radius 1 is 1.20 bits per heavy atom.